The molecule has 0 bridgehead atoms. The van der Waals surface area contributed by atoms with Crippen molar-refractivity contribution in [3.63, 3.8) is 0 Å². The van der Waals surface area contributed by atoms with Crippen molar-refractivity contribution in [2.24, 2.45) is 5.84 Å². The number of nitrogens with zero attached hydrogens (tertiary/aromatic N) is 1. The molecule has 0 saturated carbocycles. The van der Waals surface area contributed by atoms with Gasteiger partial charge in [-0.2, -0.15) is 13.2 Å². The minimum Gasteiger partial charge on any atom is -0.271 e. The Morgan fingerprint density at radius 2 is 2.27 bits per heavy atom. The first-order valence-electron chi connectivity index (χ1n) is 4.34. The molecule has 0 fully saturated rings. The third-order valence-electron chi connectivity index (χ3n) is 1.80. The largest absolute Gasteiger partial charge is 0.390 e. The summed E-state index contributed by atoms with van der Waals surface area (Å²) in [6, 6.07) is -0.810. The van der Waals surface area contributed by atoms with Crippen LogP contribution in [0.5, 0.6) is 0 Å². The van der Waals surface area contributed by atoms with Gasteiger partial charge in [-0.3, -0.25) is 11.3 Å². The van der Waals surface area contributed by atoms with E-state index in [1.54, 1.807) is 12.3 Å². The molecule has 0 amide bonds. The lowest BCUT2D eigenvalue weighted by molar-refractivity contribution is -0.140. The van der Waals surface area contributed by atoms with Gasteiger partial charge in [0, 0.05) is 23.5 Å². The molecule has 0 saturated heterocycles. The van der Waals surface area contributed by atoms with E-state index in [1.807, 2.05) is 0 Å². The van der Waals surface area contributed by atoms with E-state index in [0.29, 0.717) is 5.01 Å². The van der Waals surface area contributed by atoms with Gasteiger partial charge in [-0.15, -0.1) is 11.3 Å². The SMILES string of the molecule is Cc1csc(CC(CC(F)(F)F)NN)n1. The Morgan fingerprint density at radius 1 is 1.60 bits per heavy atom. The molecule has 15 heavy (non-hydrogen) atoms. The summed E-state index contributed by atoms with van der Waals surface area (Å²) in [5, 5.41) is 2.47. The van der Waals surface area contributed by atoms with Gasteiger partial charge in [0.1, 0.15) is 0 Å². The van der Waals surface area contributed by atoms with E-state index in [4.69, 9.17) is 5.84 Å². The second-order valence-corrected chi connectivity index (χ2v) is 4.21. The Morgan fingerprint density at radius 3 is 2.67 bits per heavy atom. The number of aryl methyl sites for hydroxylation is 1. The van der Waals surface area contributed by atoms with E-state index in [9.17, 15) is 13.2 Å². The first-order chi connectivity index (χ1) is 6.90. The summed E-state index contributed by atoms with van der Waals surface area (Å²) in [5.41, 5.74) is 2.98. The lowest BCUT2D eigenvalue weighted by Gasteiger charge is -2.16. The monoisotopic (exact) mass is 239 g/mol. The van der Waals surface area contributed by atoms with Gasteiger partial charge in [-0.25, -0.2) is 4.98 Å². The summed E-state index contributed by atoms with van der Waals surface area (Å²) >= 11 is 1.35. The molecule has 7 heteroatoms. The van der Waals surface area contributed by atoms with Crippen LogP contribution in [0.4, 0.5) is 13.2 Å². The van der Waals surface area contributed by atoms with Crippen LogP contribution >= 0.6 is 11.3 Å². The maximum atomic E-state index is 12.1. The number of hydrazine groups is 1. The van der Waals surface area contributed by atoms with Gasteiger partial charge in [0.25, 0.3) is 0 Å². The molecule has 1 atom stereocenters. The molecule has 0 aliphatic heterocycles. The van der Waals surface area contributed by atoms with E-state index < -0.39 is 18.6 Å². The Kier molecular flexibility index (Phi) is 4.06. The first-order valence-corrected chi connectivity index (χ1v) is 5.22. The topological polar surface area (TPSA) is 50.9 Å². The van der Waals surface area contributed by atoms with Crippen LogP contribution in [0.1, 0.15) is 17.1 Å². The van der Waals surface area contributed by atoms with Gasteiger partial charge in [0.15, 0.2) is 0 Å². The molecule has 1 aromatic heterocycles. The lowest BCUT2D eigenvalue weighted by Crippen LogP contribution is -2.40. The summed E-state index contributed by atoms with van der Waals surface area (Å²) in [6.45, 7) is 1.80. The molecule has 1 rings (SSSR count). The smallest absolute Gasteiger partial charge is 0.271 e. The van der Waals surface area contributed by atoms with Crippen molar-refractivity contribution in [3.8, 4) is 0 Å². The first kappa shape index (κ1) is 12.4. The van der Waals surface area contributed by atoms with Crippen molar-refractivity contribution in [3.05, 3.63) is 16.1 Å². The lowest BCUT2D eigenvalue weighted by atomic mass is 10.1. The molecule has 1 unspecified atom stereocenters. The van der Waals surface area contributed by atoms with E-state index in [-0.39, 0.29) is 6.42 Å². The average Bonchev–Trinajstić information content (AvgIpc) is 2.47. The van der Waals surface area contributed by atoms with Crippen molar-refractivity contribution in [2.75, 3.05) is 0 Å². The van der Waals surface area contributed by atoms with Gasteiger partial charge >= 0.3 is 6.18 Å². The Hall–Kier alpha value is -0.660. The number of halogens is 3. The van der Waals surface area contributed by atoms with E-state index in [0.717, 1.165) is 5.69 Å². The third kappa shape index (κ3) is 4.59. The Balaban J connectivity index is 2.54. The highest BCUT2D eigenvalue weighted by atomic mass is 32.1. The third-order valence-corrected chi connectivity index (χ3v) is 2.79. The van der Waals surface area contributed by atoms with Crippen LogP contribution in [0.2, 0.25) is 0 Å². The highest BCUT2D eigenvalue weighted by Gasteiger charge is 2.31. The van der Waals surface area contributed by atoms with Gasteiger partial charge in [0.2, 0.25) is 0 Å². The molecule has 3 nitrogen and oxygen atoms in total. The van der Waals surface area contributed by atoms with Gasteiger partial charge < -0.3 is 0 Å². The summed E-state index contributed by atoms with van der Waals surface area (Å²) in [5.74, 6) is 5.06. The summed E-state index contributed by atoms with van der Waals surface area (Å²) in [6.07, 6.45) is -4.94. The zero-order valence-corrected chi connectivity index (χ0v) is 8.95. The van der Waals surface area contributed by atoms with Crippen molar-refractivity contribution < 1.29 is 13.2 Å². The molecular weight excluding hydrogens is 227 g/mol. The van der Waals surface area contributed by atoms with Crippen molar-refractivity contribution >= 4 is 11.3 Å². The fraction of sp³-hybridized carbons (Fsp3) is 0.625. The van der Waals surface area contributed by atoms with Gasteiger partial charge in [-0.05, 0) is 6.92 Å². The summed E-state index contributed by atoms with van der Waals surface area (Å²) < 4.78 is 36.3. The van der Waals surface area contributed by atoms with Crippen LogP contribution in [-0.2, 0) is 6.42 Å². The van der Waals surface area contributed by atoms with Gasteiger partial charge in [-0.1, -0.05) is 0 Å². The molecule has 3 N–H and O–H groups in total. The van der Waals surface area contributed by atoms with E-state index in [1.165, 1.54) is 11.3 Å². The van der Waals surface area contributed by atoms with Crippen molar-refractivity contribution in [1.29, 1.82) is 0 Å². The van der Waals surface area contributed by atoms with Crippen LogP contribution < -0.4 is 11.3 Å². The Bertz CT molecular complexity index is 310. The number of hydrogen-bond acceptors (Lipinski definition) is 4. The number of alkyl halides is 3. The molecular formula is C8H12F3N3S. The highest BCUT2D eigenvalue weighted by Crippen LogP contribution is 2.23. The molecule has 0 aliphatic rings. The fourth-order valence-electron chi connectivity index (χ4n) is 1.18. The molecule has 0 radical (unpaired) electrons. The molecule has 1 aromatic rings. The highest BCUT2D eigenvalue weighted by molar-refractivity contribution is 7.09. The number of nitrogens with one attached hydrogen (secondary N) is 1. The molecule has 0 aromatic carbocycles. The minimum atomic E-state index is -4.21. The maximum absolute atomic E-state index is 12.1. The van der Waals surface area contributed by atoms with Crippen LogP contribution in [0.25, 0.3) is 0 Å². The van der Waals surface area contributed by atoms with Crippen LogP contribution in [0.3, 0.4) is 0 Å². The average molecular weight is 239 g/mol. The normalized spacial score (nSPS) is 14.2. The number of nitrogens with two attached hydrogens (primary N) is 1. The van der Waals surface area contributed by atoms with Crippen LogP contribution in [0.15, 0.2) is 5.38 Å². The van der Waals surface area contributed by atoms with Gasteiger partial charge in [0.05, 0.1) is 11.4 Å². The maximum Gasteiger partial charge on any atom is 0.390 e. The fourth-order valence-corrected chi connectivity index (χ4v) is 2.03. The van der Waals surface area contributed by atoms with Crippen molar-refractivity contribution in [2.45, 2.75) is 32.0 Å². The quantitative estimate of drug-likeness (QED) is 0.622. The van der Waals surface area contributed by atoms with E-state index >= 15 is 0 Å². The summed E-state index contributed by atoms with van der Waals surface area (Å²) in [4.78, 5) is 4.08. The predicted octanol–water partition coefficient (Wildman–Crippen LogP) is 1.78. The van der Waals surface area contributed by atoms with Crippen LogP contribution in [0, 0.1) is 6.92 Å². The minimum absolute atomic E-state index is 0.203. The summed E-state index contributed by atoms with van der Waals surface area (Å²) in [7, 11) is 0. The predicted molar refractivity (Wildman–Crippen MR) is 52.3 cm³/mol. The number of hydrogen-bond donors (Lipinski definition) is 2. The number of thiazole rings is 1. The number of aromatic nitrogens is 1. The molecule has 1 heterocycles. The second-order valence-electron chi connectivity index (χ2n) is 3.27. The zero-order chi connectivity index (χ0) is 11.5. The number of rotatable bonds is 4. The Labute approximate surface area is 89.5 Å². The van der Waals surface area contributed by atoms with Crippen LogP contribution in [-0.4, -0.2) is 17.2 Å². The second kappa shape index (κ2) is 4.91. The van der Waals surface area contributed by atoms with Crippen molar-refractivity contribution in [1.82, 2.24) is 10.4 Å². The molecule has 0 aliphatic carbocycles. The van der Waals surface area contributed by atoms with E-state index in [2.05, 4.69) is 10.4 Å². The zero-order valence-electron chi connectivity index (χ0n) is 8.14. The standard InChI is InChI=1S/C8H12F3N3S/c1-5-4-15-7(13-5)2-6(14-12)3-8(9,10)11/h4,6,14H,2-3,12H2,1H3. The molecule has 86 valence electrons. The molecule has 0 spiro atoms.